The lowest BCUT2D eigenvalue weighted by Crippen LogP contribution is -2.40. The van der Waals surface area contributed by atoms with Crippen LogP contribution in [0.25, 0.3) is 0 Å². The normalized spacial score (nSPS) is 31.2. The van der Waals surface area contributed by atoms with E-state index in [0.29, 0.717) is 23.0 Å². The molecule has 4 amide bonds. The molecule has 0 bridgehead atoms. The number of nitrogens with one attached hydrogen (secondary N) is 3. The fourth-order valence-corrected chi connectivity index (χ4v) is 4.30. The maximum Gasteiger partial charge on any atom is 0.322 e. The van der Waals surface area contributed by atoms with E-state index >= 15 is 0 Å². The highest BCUT2D eigenvalue weighted by Crippen LogP contribution is 2.28. The standard InChI is InChI=1S/C19H24N4O3/c1-19(17(25)21-18(26)22-19)15-4-2-12(3-5-15)16(24)23-8-6-13-10-20-11-14(13)7-9-23/h2-5,13-14,20H,6-11H2,1H3,(H2,21,22,25,26)/t13-,14+,19?. The molecule has 3 N–H and O–H groups in total. The van der Waals surface area contributed by atoms with E-state index in [2.05, 4.69) is 16.0 Å². The van der Waals surface area contributed by atoms with E-state index in [-0.39, 0.29) is 11.8 Å². The van der Waals surface area contributed by atoms with E-state index in [1.807, 2.05) is 4.90 Å². The summed E-state index contributed by atoms with van der Waals surface area (Å²) in [5.41, 5.74) is 0.187. The predicted molar refractivity (Wildman–Crippen MR) is 95.5 cm³/mol. The second-order valence-electron chi connectivity index (χ2n) is 7.66. The Kier molecular flexibility index (Phi) is 4.19. The summed E-state index contributed by atoms with van der Waals surface area (Å²) in [6, 6.07) is 6.48. The first-order valence-corrected chi connectivity index (χ1v) is 9.21. The van der Waals surface area contributed by atoms with Crippen molar-refractivity contribution in [1.82, 2.24) is 20.9 Å². The van der Waals surface area contributed by atoms with Gasteiger partial charge in [0, 0.05) is 18.7 Å². The van der Waals surface area contributed by atoms with Gasteiger partial charge in [0.05, 0.1) is 0 Å². The molecule has 7 nitrogen and oxygen atoms in total. The molecule has 0 saturated carbocycles. The Labute approximate surface area is 152 Å². The van der Waals surface area contributed by atoms with Crippen LogP contribution in [0.4, 0.5) is 4.79 Å². The van der Waals surface area contributed by atoms with Crippen molar-refractivity contribution in [2.75, 3.05) is 26.2 Å². The molecule has 0 aromatic heterocycles. The van der Waals surface area contributed by atoms with Crippen LogP contribution in [0.3, 0.4) is 0 Å². The fourth-order valence-electron chi connectivity index (χ4n) is 4.30. The second kappa shape index (κ2) is 6.39. The van der Waals surface area contributed by atoms with Crippen LogP contribution >= 0.6 is 0 Å². The largest absolute Gasteiger partial charge is 0.339 e. The average Bonchev–Trinajstić information content (AvgIpc) is 3.12. The molecule has 3 atom stereocenters. The SMILES string of the molecule is CC1(c2ccc(C(=O)N3CC[C@@H]4CNC[C@@H]4CC3)cc2)NC(=O)NC1=O. The number of hydrogen-bond acceptors (Lipinski definition) is 4. The minimum atomic E-state index is -1.09. The van der Waals surface area contributed by atoms with Gasteiger partial charge in [-0.1, -0.05) is 12.1 Å². The lowest BCUT2D eigenvalue weighted by Gasteiger charge is -2.23. The van der Waals surface area contributed by atoms with Crippen molar-refractivity contribution in [2.45, 2.75) is 25.3 Å². The van der Waals surface area contributed by atoms with E-state index in [0.717, 1.165) is 39.0 Å². The highest BCUT2D eigenvalue weighted by atomic mass is 16.2. The summed E-state index contributed by atoms with van der Waals surface area (Å²) < 4.78 is 0. The second-order valence-corrected chi connectivity index (χ2v) is 7.66. The molecule has 3 heterocycles. The molecule has 0 radical (unpaired) electrons. The summed E-state index contributed by atoms with van der Waals surface area (Å²) in [6.07, 6.45) is 2.09. The van der Waals surface area contributed by atoms with Gasteiger partial charge in [0.1, 0.15) is 5.54 Å². The van der Waals surface area contributed by atoms with Gasteiger partial charge in [-0.15, -0.1) is 0 Å². The number of likely N-dealkylation sites (tertiary alicyclic amines) is 1. The van der Waals surface area contributed by atoms with Crippen molar-refractivity contribution in [2.24, 2.45) is 11.8 Å². The molecule has 3 fully saturated rings. The molecule has 3 saturated heterocycles. The number of carbonyl (C=O) groups excluding carboxylic acids is 3. The van der Waals surface area contributed by atoms with Gasteiger partial charge in [-0.05, 0) is 62.4 Å². The Morgan fingerprint density at radius 1 is 1.08 bits per heavy atom. The molecular weight excluding hydrogens is 332 g/mol. The third-order valence-electron chi connectivity index (χ3n) is 6.06. The number of urea groups is 1. The summed E-state index contributed by atoms with van der Waals surface area (Å²) in [4.78, 5) is 38.3. The maximum atomic E-state index is 12.9. The van der Waals surface area contributed by atoms with E-state index in [1.165, 1.54) is 0 Å². The van der Waals surface area contributed by atoms with E-state index < -0.39 is 11.6 Å². The minimum absolute atomic E-state index is 0.0366. The zero-order chi connectivity index (χ0) is 18.3. The van der Waals surface area contributed by atoms with Crippen LogP contribution in [-0.2, 0) is 10.3 Å². The molecular formula is C19H24N4O3. The van der Waals surface area contributed by atoms with Crippen LogP contribution in [0.1, 0.15) is 35.7 Å². The topological polar surface area (TPSA) is 90.5 Å². The third kappa shape index (κ3) is 2.86. The lowest BCUT2D eigenvalue weighted by molar-refractivity contribution is -0.123. The zero-order valence-corrected chi connectivity index (χ0v) is 14.9. The summed E-state index contributed by atoms with van der Waals surface area (Å²) >= 11 is 0. The summed E-state index contributed by atoms with van der Waals surface area (Å²) in [5, 5.41) is 8.34. The highest BCUT2D eigenvalue weighted by molar-refractivity contribution is 6.07. The Hall–Kier alpha value is -2.41. The molecule has 0 spiro atoms. The molecule has 7 heteroatoms. The number of benzene rings is 1. The third-order valence-corrected chi connectivity index (χ3v) is 6.06. The summed E-state index contributed by atoms with van der Waals surface area (Å²) in [6.45, 7) is 5.37. The first-order chi connectivity index (χ1) is 12.5. The van der Waals surface area contributed by atoms with Crippen LogP contribution in [0.15, 0.2) is 24.3 Å². The van der Waals surface area contributed by atoms with Gasteiger partial charge in [-0.3, -0.25) is 14.9 Å². The number of amides is 4. The molecule has 26 heavy (non-hydrogen) atoms. The summed E-state index contributed by atoms with van der Waals surface area (Å²) in [5.74, 6) is 1.02. The van der Waals surface area contributed by atoms with Crippen LogP contribution in [0.5, 0.6) is 0 Å². The van der Waals surface area contributed by atoms with Gasteiger partial charge in [-0.25, -0.2) is 4.79 Å². The lowest BCUT2D eigenvalue weighted by atomic mass is 9.91. The highest BCUT2D eigenvalue weighted by Gasteiger charge is 2.43. The number of imide groups is 1. The minimum Gasteiger partial charge on any atom is -0.339 e. The van der Waals surface area contributed by atoms with Gasteiger partial charge in [0.25, 0.3) is 11.8 Å². The molecule has 138 valence electrons. The molecule has 4 rings (SSSR count). The Balaban J connectivity index is 1.47. The average molecular weight is 356 g/mol. The number of nitrogens with zero attached hydrogens (tertiary/aromatic N) is 1. The Morgan fingerprint density at radius 3 is 2.23 bits per heavy atom. The quantitative estimate of drug-likeness (QED) is 0.684. The molecule has 0 aliphatic carbocycles. The smallest absolute Gasteiger partial charge is 0.322 e. The van der Waals surface area contributed by atoms with Crippen molar-refractivity contribution in [3.8, 4) is 0 Å². The van der Waals surface area contributed by atoms with Gasteiger partial charge in [-0.2, -0.15) is 0 Å². The molecule has 1 unspecified atom stereocenters. The number of carbonyl (C=O) groups is 3. The molecule has 1 aromatic rings. The van der Waals surface area contributed by atoms with Crippen molar-refractivity contribution >= 4 is 17.8 Å². The summed E-state index contributed by atoms with van der Waals surface area (Å²) in [7, 11) is 0. The number of hydrogen-bond donors (Lipinski definition) is 3. The molecule has 1 aromatic carbocycles. The molecule has 3 aliphatic rings. The van der Waals surface area contributed by atoms with Crippen molar-refractivity contribution in [3.63, 3.8) is 0 Å². The van der Waals surface area contributed by atoms with E-state index in [1.54, 1.807) is 31.2 Å². The van der Waals surface area contributed by atoms with Gasteiger partial charge in [0.2, 0.25) is 0 Å². The predicted octanol–water partition coefficient (Wildman–Crippen LogP) is 0.813. The van der Waals surface area contributed by atoms with Crippen LogP contribution in [-0.4, -0.2) is 48.9 Å². The zero-order valence-electron chi connectivity index (χ0n) is 14.9. The van der Waals surface area contributed by atoms with E-state index in [9.17, 15) is 14.4 Å². The Bertz CT molecular complexity index is 734. The van der Waals surface area contributed by atoms with Gasteiger partial charge in [0.15, 0.2) is 0 Å². The van der Waals surface area contributed by atoms with Crippen molar-refractivity contribution in [1.29, 1.82) is 0 Å². The first-order valence-electron chi connectivity index (χ1n) is 9.21. The van der Waals surface area contributed by atoms with Crippen LogP contribution in [0.2, 0.25) is 0 Å². The fraction of sp³-hybridized carbons (Fsp3) is 0.526. The van der Waals surface area contributed by atoms with Crippen LogP contribution in [0, 0.1) is 11.8 Å². The van der Waals surface area contributed by atoms with Crippen molar-refractivity contribution < 1.29 is 14.4 Å². The van der Waals surface area contributed by atoms with E-state index in [4.69, 9.17) is 0 Å². The first kappa shape index (κ1) is 17.0. The molecule has 3 aliphatic heterocycles. The number of fused-ring (bicyclic) bond motifs is 1. The van der Waals surface area contributed by atoms with Crippen LogP contribution < -0.4 is 16.0 Å². The van der Waals surface area contributed by atoms with Gasteiger partial charge < -0.3 is 15.5 Å². The maximum absolute atomic E-state index is 12.9. The Morgan fingerprint density at radius 2 is 1.69 bits per heavy atom. The monoisotopic (exact) mass is 356 g/mol. The number of rotatable bonds is 2. The van der Waals surface area contributed by atoms with Gasteiger partial charge >= 0.3 is 6.03 Å². The van der Waals surface area contributed by atoms with Crippen molar-refractivity contribution in [3.05, 3.63) is 35.4 Å².